The van der Waals surface area contributed by atoms with Crippen molar-refractivity contribution in [2.24, 2.45) is 0 Å². The molecule has 0 aliphatic carbocycles. The molecule has 142 valence electrons. The van der Waals surface area contributed by atoms with Gasteiger partial charge < -0.3 is 4.90 Å². The highest BCUT2D eigenvalue weighted by atomic mass is 16.2. The summed E-state index contributed by atoms with van der Waals surface area (Å²) >= 11 is 0. The van der Waals surface area contributed by atoms with Crippen LogP contribution in [0, 0.1) is 0 Å². The Balaban J connectivity index is 1.46. The van der Waals surface area contributed by atoms with Crippen LogP contribution < -0.4 is 5.56 Å². The zero-order valence-electron chi connectivity index (χ0n) is 15.8. The van der Waals surface area contributed by atoms with Crippen LogP contribution >= 0.6 is 0 Å². The second-order valence-electron chi connectivity index (χ2n) is 7.18. The van der Waals surface area contributed by atoms with Crippen LogP contribution in [-0.2, 0) is 0 Å². The largest absolute Gasteiger partial charge is 0.335 e. The van der Waals surface area contributed by atoms with Crippen LogP contribution in [0.1, 0.15) is 22.3 Å². The summed E-state index contributed by atoms with van der Waals surface area (Å²) in [5.74, 6) is -0.0738. The number of benzene rings is 2. The first-order valence-electron chi connectivity index (χ1n) is 9.65. The summed E-state index contributed by atoms with van der Waals surface area (Å²) in [6.07, 6.45) is 4.53. The fraction of sp³-hybridized carbons (Fsp3) is 0.125. The van der Waals surface area contributed by atoms with E-state index in [0.717, 1.165) is 6.42 Å². The molecule has 0 spiro atoms. The number of rotatable bonds is 2. The van der Waals surface area contributed by atoms with Gasteiger partial charge in [-0.3, -0.25) is 14.0 Å². The van der Waals surface area contributed by atoms with E-state index in [-0.39, 0.29) is 11.5 Å². The van der Waals surface area contributed by atoms with Crippen LogP contribution in [0.5, 0.6) is 0 Å². The van der Waals surface area contributed by atoms with Gasteiger partial charge in [0.2, 0.25) is 0 Å². The van der Waals surface area contributed by atoms with Crippen molar-refractivity contribution in [1.82, 2.24) is 14.3 Å². The summed E-state index contributed by atoms with van der Waals surface area (Å²) in [4.78, 5) is 32.2. The molecule has 5 heteroatoms. The summed E-state index contributed by atoms with van der Waals surface area (Å²) in [5.41, 5.74) is 3.99. The van der Waals surface area contributed by atoms with Gasteiger partial charge in [0.1, 0.15) is 5.65 Å². The predicted octanol–water partition coefficient (Wildman–Crippen LogP) is 3.78. The molecule has 5 nitrogen and oxygen atoms in total. The first-order valence-corrected chi connectivity index (χ1v) is 9.65. The van der Waals surface area contributed by atoms with E-state index in [1.165, 1.54) is 15.5 Å². The quantitative estimate of drug-likeness (QED) is 0.497. The molecule has 0 bridgehead atoms. The molecule has 0 atom stereocenters. The molecule has 5 rings (SSSR count). The van der Waals surface area contributed by atoms with E-state index in [4.69, 9.17) is 0 Å². The highest BCUT2D eigenvalue weighted by molar-refractivity contribution is 5.95. The Morgan fingerprint density at radius 1 is 0.931 bits per heavy atom. The van der Waals surface area contributed by atoms with Crippen LogP contribution in [0.4, 0.5) is 0 Å². The third kappa shape index (κ3) is 3.10. The van der Waals surface area contributed by atoms with Gasteiger partial charge in [0.15, 0.2) is 0 Å². The van der Waals surface area contributed by atoms with E-state index in [0.29, 0.717) is 35.2 Å². The molecule has 0 radical (unpaired) electrons. The second kappa shape index (κ2) is 7.02. The van der Waals surface area contributed by atoms with Gasteiger partial charge in [0.25, 0.3) is 11.5 Å². The van der Waals surface area contributed by atoms with Gasteiger partial charge in [0.05, 0.1) is 16.5 Å². The number of aromatic nitrogens is 2. The zero-order valence-corrected chi connectivity index (χ0v) is 15.8. The maximum absolute atomic E-state index is 13.0. The van der Waals surface area contributed by atoms with Crippen LogP contribution in [0.3, 0.4) is 0 Å². The smallest absolute Gasteiger partial charge is 0.265 e. The summed E-state index contributed by atoms with van der Waals surface area (Å²) in [5, 5.41) is 0.544. The molecule has 4 aromatic rings. The average Bonchev–Trinajstić information content (AvgIpc) is 2.79. The van der Waals surface area contributed by atoms with Crippen molar-refractivity contribution in [3.8, 4) is 0 Å². The molecule has 0 N–H and O–H groups in total. The predicted molar refractivity (Wildman–Crippen MR) is 114 cm³/mol. The topological polar surface area (TPSA) is 54.7 Å². The van der Waals surface area contributed by atoms with Gasteiger partial charge in [-0.1, -0.05) is 48.5 Å². The van der Waals surface area contributed by atoms with Crippen LogP contribution in [0.2, 0.25) is 0 Å². The van der Waals surface area contributed by atoms with Crippen molar-refractivity contribution in [2.75, 3.05) is 13.1 Å². The number of carbonyl (C=O) groups excluding carboxylic acids is 1. The molecule has 2 aromatic carbocycles. The third-order valence-electron chi connectivity index (χ3n) is 5.40. The number of amides is 1. The number of fused-ring (bicyclic) bond motifs is 2. The monoisotopic (exact) mass is 381 g/mol. The highest BCUT2D eigenvalue weighted by Crippen LogP contribution is 2.23. The first-order chi connectivity index (χ1) is 14.2. The van der Waals surface area contributed by atoms with Gasteiger partial charge >= 0.3 is 0 Å². The molecular weight excluding hydrogens is 362 g/mol. The molecule has 1 aliphatic rings. The van der Waals surface area contributed by atoms with Crippen LogP contribution in [-0.4, -0.2) is 33.3 Å². The number of carbonyl (C=O) groups is 1. The summed E-state index contributed by atoms with van der Waals surface area (Å²) < 4.78 is 1.46. The molecule has 1 amide bonds. The molecular formula is C24H19N3O2. The van der Waals surface area contributed by atoms with Gasteiger partial charge in [-0.2, -0.15) is 0 Å². The van der Waals surface area contributed by atoms with Crippen molar-refractivity contribution >= 4 is 28.0 Å². The number of pyridine rings is 1. The highest BCUT2D eigenvalue weighted by Gasteiger charge is 2.20. The Morgan fingerprint density at radius 3 is 2.52 bits per heavy atom. The Morgan fingerprint density at radius 2 is 1.72 bits per heavy atom. The minimum absolute atomic E-state index is 0.0738. The van der Waals surface area contributed by atoms with E-state index in [1.54, 1.807) is 24.4 Å². The van der Waals surface area contributed by atoms with Crippen LogP contribution in [0.15, 0.2) is 83.8 Å². The Hall–Kier alpha value is -3.73. The molecule has 0 fully saturated rings. The molecule has 2 aromatic heterocycles. The number of para-hydroxylation sites is 1. The normalized spacial score (nSPS) is 14.2. The second-order valence-corrected chi connectivity index (χ2v) is 7.18. The lowest BCUT2D eigenvalue weighted by Crippen LogP contribution is -2.35. The SMILES string of the molecule is O=C(c1ccc2nc3ccccc3c(=O)n2c1)N1CC=C(c2ccccc2)CC1. The Kier molecular flexibility index (Phi) is 4.21. The molecule has 0 unspecified atom stereocenters. The van der Waals surface area contributed by atoms with Gasteiger partial charge in [-0.25, -0.2) is 4.98 Å². The maximum Gasteiger partial charge on any atom is 0.265 e. The molecule has 0 saturated heterocycles. The lowest BCUT2D eigenvalue weighted by atomic mass is 9.99. The van der Waals surface area contributed by atoms with E-state index in [2.05, 4.69) is 23.2 Å². The summed E-state index contributed by atoms with van der Waals surface area (Å²) in [6.45, 7) is 1.22. The Labute approximate surface area is 167 Å². The molecule has 1 aliphatic heterocycles. The van der Waals surface area contributed by atoms with Gasteiger partial charge in [-0.15, -0.1) is 0 Å². The molecule has 0 saturated carbocycles. The minimum Gasteiger partial charge on any atom is -0.335 e. The first kappa shape index (κ1) is 17.4. The van der Waals surface area contributed by atoms with Crippen molar-refractivity contribution in [3.63, 3.8) is 0 Å². The fourth-order valence-corrected chi connectivity index (χ4v) is 3.83. The molecule has 29 heavy (non-hydrogen) atoms. The Bertz CT molecular complexity index is 1320. The summed E-state index contributed by atoms with van der Waals surface area (Å²) in [6, 6.07) is 21.0. The lowest BCUT2D eigenvalue weighted by Gasteiger charge is -2.27. The van der Waals surface area contributed by atoms with E-state index >= 15 is 0 Å². The standard InChI is InChI=1S/C24H19N3O2/c28-23(26-14-12-18(13-15-26)17-6-2-1-3-7-17)19-10-11-22-25-21-9-5-4-8-20(21)24(29)27(22)16-19/h1-12,16H,13-15H2. The van der Waals surface area contributed by atoms with Crippen LogP contribution in [0.25, 0.3) is 22.1 Å². The number of nitrogens with zero attached hydrogens (tertiary/aromatic N) is 3. The van der Waals surface area contributed by atoms with Gasteiger partial charge in [-0.05, 0) is 41.8 Å². The van der Waals surface area contributed by atoms with E-state index in [1.807, 2.05) is 41.3 Å². The lowest BCUT2D eigenvalue weighted by molar-refractivity contribution is 0.0772. The fourth-order valence-electron chi connectivity index (χ4n) is 3.83. The average molecular weight is 381 g/mol. The number of hydrogen-bond donors (Lipinski definition) is 0. The van der Waals surface area contributed by atoms with Crippen molar-refractivity contribution in [2.45, 2.75) is 6.42 Å². The van der Waals surface area contributed by atoms with E-state index in [9.17, 15) is 9.59 Å². The number of hydrogen-bond acceptors (Lipinski definition) is 3. The van der Waals surface area contributed by atoms with Crippen molar-refractivity contribution in [1.29, 1.82) is 0 Å². The maximum atomic E-state index is 13.0. The summed E-state index contributed by atoms with van der Waals surface area (Å²) in [7, 11) is 0. The van der Waals surface area contributed by atoms with E-state index < -0.39 is 0 Å². The van der Waals surface area contributed by atoms with Gasteiger partial charge in [0, 0.05) is 19.3 Å². The molecule has 3 heterocycles. The van der Waals surface area contributed by atoms with Crippen molar-refractivity contribution in [3.05, 3.63) is 100 Å². The van der Waals surface area contributed by atoms with Crippen molar-refractivity contribution < 1.29 is 4.79 Å². The zero-order chi connectivity index (χ0) is 19.8. The third-order valence-corrected chi connectivity index (χ3v) is 5.40. The minimum atomic E-state index is -0.162.